The van der Waals surface area contributed by atoms with Gasteiger partial charge >= 0.3 is 0 Å². The van der Waals surface area contributed by atoms with Crippen LogP contribution < -0.4 is 14.8 Å². The highest BCUT2D eigenvalue weighted by molar-refractivity contribution is 6.32. The number of amides is 1. The zero-order chi connectivity index (χ0) is 18.6. The number of halogens is 1. The molecule has 0 unspecified atom stereocenters. The molecule has 2 aromatic carbocycles. The van der Waals surface area contributed by atoms with Crippen LogP contribution >= 0.6 is 11.6 Å². The lowest BCUT2D eigenvalue weighted by atomic mass is 10.1. The number of nitrogens with zero attached hydrogens (tertiary/aromatic N) is 2. The maximum Gasteiger partial charge on any atom is 0.251 e. The first-order chi connectivity index (χ1) is 13.2. The summed E-state index contributed by atoms with van der Waals surface area (Å²) < 4.78 is 13.0. The van der Waals surface area contributed by atoms with E-state index in [0.717, 1.165) is 11.3 Å². The summed E-state index contributed by atoms with van der Waals surface area (Å²) in [4.78, 5) is 16.3. The summed E-state index contributed by atoms with van der Waals surface area (Å²) >= 11 is 6.24. The molecule has 1 aliphatic heterocycles. The van der Waals surface area contributed by atoms with Gasteiger partial charge in [0.2, 0.25) is 0 Å². The van der Waals surface area contributed by atoms with E-state index in [-0.39, 0.29) is 5.91 Å². The molecule has 138 valence electrons. The Hall–Kier alpha value is -2.99. The minimum Gasteiger partial charge on any atom is -0.486 e. The quantitative estimate of drug-likeness (QED) is 0.734. The Morgan fingerprint density at radius 3 is 2.78 bits per heavy atom. The van der Waals surface area contributed by atoms with E-state index in [1.54, 1.807) is 24.7 Å². The maximum absolute atomic E-state index is 12.3. The monoisotopic (exact) mass is 383 g/mol. The van der Waals surface area contributed by atoms with Crippen LogP contribution in [0.2, 0.25) is 5.02 Å². The van der Waals surface area contributed by atoms with E-state index in [0.29, 0.717) is 48.3 Å². The number of nitrogens with one attached hydrogen (secondary N) is 1. The summed E-state index contributed by atoms with van der Waals surface area (Å²) in [6.45, 7) is 1.51. The summed E-state index contributed by atoms with van der Waals surface area (Å²) in [5.41, 5.74) is 2.55. The zero-order valence-corrected chi connectivity index (χ0v) is 15.3. The van der Waals surface area contributed by atoms with Crippen molar-refractivity contribution in [1.82, 2.24) is 14.9 Å². The topological polar surface area (TPSA) is 65.4 Å². The number of aromatic nitrogens is 2. The van der Waals surface area contributed by atoms with Crippen molar-refractivity contribution < 1.29 is 14.3 Å². The van der Waals surface area contributed by atoms with Gasteiger partial charge in [-0.1, -0.05) is 11.6 Å². The first kappa shape index (κ1) is 17.4. The summed E-state index contributed by atoms with van der Waals surface area (Å²) in [6, 6.07) is 11.1. The highest BCUT2D eigenvalue weighted by atomic mass is 35.5. The number of rotatable bonds is 5. The molecular weight excluding hydrogens is 366 g/mol. The lowest BCUT2D eigenvalue weighted by molar-refractivity contribution is 0.0954. The number of ether oxygens (including phenoxy) is 2. The minimum atomic E-state index is -0.115. The molecule has 3 aromatic rings. The summed E-state index contributed by atoms with van der Waals surface area (Å²) in [5.74, 6) is 1.13. The van der Waals surface area contributed by atoms with Gasteiger partial charge in [-0.3, -0.25) is 4.79 Å². The Kier molecular flexibility index (Phi) is 4.98. The molecular formula is C20H18ClN3O3. The van der Waals surface area contributed by atoms with E-state index in [1.165, 1.54) is 0 Å². The van der Waals surface area contributed by atoms with E-state index in [1.807, 2.05) is 35.0 Å². The third kappa shape index (κ3) is 3.90. The van der Waals surface area contributed by atoms with Crippen LogP contribution in [-0.4, -0.2) is 35.2 Å². The Morgan fingerprint density at radius 2 is 2.00 bits per heavy atom. The Balaban J connectivity index is 1.35. The lowest BCUT2D eigenvalue weighted by Gasteiger charge is -2.20. The molecule has 6 nitrogen and oxygen atoms in total. The number of hydrogen-bond acceptors (Lipinski definition) is 4. The second-order valence-electron chi connectivity index (χ2n) is 6.12. The SMILES string of the molecule is O=C(NCCc1cc(Cl)c2c(c1)OCCO2)c1ccc(-n2ccnc2)cc1. The Bertz CT molecular complexity index is 940. The van der Waals surface area contributed by atoms with Crippen molar-refractivity contribution in [3.8, 4) is 17.2 Å². The fourth-order valence-electron chi connectivity index (χ4n) is 2.93. The third-order valence-electron chi connectivity index (χ3n) is 4.29. The molecule has 2 heterocycles. The molecule has 0 saturated carbocycles. The van der Waals surface area contributed by atoms with Crippen molar-refractivity contribution in [3.63, 3.8) is 0 Å². The van der Waals surface area contributed by atoms with E-state index >= 15 is 0 Å². The molecule has 0 fully saturated rings. The van der Waals surface area contributed by atoms with E-state index in [2.05, 4.69) is 10.3 Å². The van der Waals surface area contributed by atoms with Gasteiger partial charge in [0.15, 0.2) is 11.5 Å². The molecule has 0 aliphatic carbocycles. The van der Waals surface area contributed by atoms with Gasteiger partial charge in [-0.05, 0) is 48.4 Å². The van der Waals surface area contributed by atoms with Crippen molar-refractivity contribution in [2.45, 2.75) is 6.42 Å². The zero-order valence-electron chi connectivity index (χ0n) is 14.5. The Labute approximate surface area is 161 Å². The molecule has 0 radical (unpaired) electrons. The van der Waals surface area contributed by atoms with Gasteiger partial charge in [-0.25, -0.2) is 4.98 Å². The van der Waals surface area contributed by atoms with Crippen LogP contribution in [0.3, 0.4) is 0 Å². The minimum absolute atomic E-state index is 0.115. The first-order valence-corrected chi connectivity index (χ1v) is 9.03. The number of imidazole rings is 1. The third-order valence-corrected chi connectivity index (χ3v) is 4.57. The van der Waals surface area contributed by atoms with E-state index in [9.17, 15) is 4.79 Å². The van der Waals surface area contributed by atoms with Crippen LogP contribution in [0.4, 0.5) is 0 Å². The van der Waals surface area contributed by atoms with E-state index in [4.69, 9.17) is 21.1 Å². The predicted octanol–water partition coefficient (Wildman–Crippen LogP) is 3.27. The predicted molar refractivity (Wildman–Crippen MR) is 102 cm³/mol. The summed E-state index contributed by atoms with van der Waals surface area (Å²) in [7, 11) is 0. The molecule has 0 saturated heterocycles. The molecule has 1 amide bonds. The van der Waals surface area contributed by atoms with E-state index < -0.39 is 0 Å². The van der Waals surface area contributed by atoms with Crippen molar-refractivity contribution in [3.05, 3.63) is 71.3 Å². The van der Waals surface area contributed by atoms with Gasteiger partial charge in [0.05, 0.1) is 11.3 Å². The molecule has 1 aromatic heterocycles. The van der Waals surface area contributed by atoms with Crippen LogP contribution in [0, 0.1) is 0 Å². The molecule has 1 aliphatic rings. The van der Waals surface area contributed by atoms with Gasteiger partial charge in [0.25, 0.3) is 5.91 Å². The van der Waals surface area contributed by atoms with Crippen LogP contribution in [0.25, 0.3) is 5.69 Å². The number of benzene rings is 2. The van der Waals surface area contributed by atoms with Crippen molar-refractivity contribution in [2.24, 2.45) is 0 Å². The van der Waals surface area contributed by atoms with Crippen LogP contribution in [0.1, 0.15) is 15.9 Å². The standard InChI is InChI=1S/C20H18ClN3O3/c21-17-11-14(12-18-19(17)27-10-9-26-18)5-6-23-20(25)15-1-3-16(4-2-15)24-8-7-22-13-24/h1-4,7-8,11-13H,5-6,9-10H2,(H,23,25). The summed E-state index contributed by atoms with van der Waals surface area (Å²) in [6.07, 6.45) is 5.93. The average molecular weight is 384 g/mol. The molecule has 0 bridgehead atoms. The fourth-order valence-corrected chi connectivity index (χ4v) is 3.22. The number of fused-ring (bicyclic) bond motifs is 1. The van der Waals surface area contributed by atoms with Gasteiger partial charge in [-0.15, -0.1) is 0 Å². The normalized spacial score (nSPS) is 12.6. The second kappa shape index (κ2) is 7.72. The molecule has 4 rings (SSSR count). The maximum atomic E-state index is 12.3. The largest absolute Gasteiger partial charge is 0.486 e. The van der Waals surface area contributed by atoms with Crippen molar-refractivity contribution in [1.29, 1.82) is 0 Å². The average Bonchev–Trinajstić information content (AvgIpc) is 3.23. The van der Waals surface area contributed by atoms with Gasteiger partial charge in [-0.2, -0.15) is 0 Å². The van der Waals surface area contributed by atoms with Crippen molar-refractivity contribution >= 4 is 17.5 Å². The van der Waals surface area contributed by atoms with Gasteiger partial charge in [0, 0.05) is 30.2 Å². The second-order valence-corrected chi connectivity index (χ2v) is 6.53. The highest BCUT2D eigenvalue weighted by Gasteiger charge is 2.16. The number of carbonyl (C=O) groups is 1. The van der Waals surface area contributed by atoms with Crippen LogP contribution in [0.5, 0.6) is 11.5 Å². The van der Waals surface area contributed by atoms with Gasteiger partial charge < -0.3 is 19.4 Å². The fraction of sp³-hybridized carbons (Fsp3) is 0.200. The Morgan fingerprint density at radius 1 is 1.19 bits per heavy atom. The van der Waals surface area contributed by atoms with Crippen LogP contribution in [-0.2, 0) is 6.42 Å². The van der Waals surface area contributed by atoms with Crippen LogP contribution in [0.15, 0.2) is 55.1 Å². The molecule has 0 atom stereocenters. The molecule has 7 heteroatoms. The molecule has 27 heavy (non-hydrogen) atoms. The number of carbonyl (C=O) groups excluding carboxylic acids is 1. The lowest BCUT2D eigenvalue weighted by Crippen LogP contribution is -2.25. The van der Waals surface area contributed by atoms with Crippen molar-refractivity contribution in [2.75, 3.05) is 19.8 Å². The smallest absolute Gasteiger partial charge is 0.251 e. The molecule has 1 N–H and O–H groups in total. The first-order valence-electron chi connectivity index (χ1n) is 8.65. The highest BCUT2D eigenvalue weighted by Crippen LogP contribution is 2.38. The molecule has 0 spiro atoms. The summed E-state index contributed by atoms with van der Waals surface area (Å²) in [5, 5.41) is 3.46. The number of hydrogen-bond donors (Lipinski definition) is 1. The van der Waals surface area contributed by atoms with Gasteiger partial charge in [0.1, 0.15) is 13.2 Å².